The van der Waals surface area contributed by atoms with Gasteiger partial charge in [-0.3, -0.25) is 9.59 Å². The van der Waals surface area contributed by atoms with E-state index in [0.717, 1.165) is 24.1 Å². The summed E-state index contributed by atoms with van der Waals surface area (Å²) >= 11 is 6.14. The number of aryl methyl sites for hydroxylation is 1. The second-order valence-corrected chi connectivity index (χ2v) is 6.31. The number of carbonyl (C=O) groups excluding carboxylic acids is 2. The lowest BCUT2D eigenvalue weighted by Gasteiger charge is -2.39. The van der Waals surface area contributed by atoms with Crippen molar-refractivity contribution in [3.63, 3.8) is 0 Å². The number of anilines is 1. The van der Waals surface area contributed by atoms with Crippen molar-refractivity contribution in [3.05, 3.63) is 28.8 Å². The Morgan fingerprint density at radius 3 is 2.62 bits per heavy atom. The predicted molar refractivity (Wildman–Crippen MR) is 82.4 cm³/mol. The minimum absolute atomic E-state index is 0.0323. The van der Waals surface area contributed by atoms with Gasteiger partial charge >= 0.3 is 0 Å². The van der Waals surface area contributed by atoms with Gasteiger partial charge in [0, 0.05) is 29.7 Å². The van der Waals surface area contributed by atoms with Crippen molar-refractivity contribution in [3.8, 4) is 0 Å². The van der Waals surface area contributed by atoms with Crippen LogP contribution in [-0.2, 0) is 9.59 Å². The lowest BCUT2D eigenvalue weighted by atomic mass is 10.1. The number of rotatable bonds is 2. The van der Waals surface area contributed by atoms with Gasteiger partial charge in [-0.2, -0.15) is 0 Å². The lowest BCUT2D eigenvalue weighted by Crippen LogP contribution is -2.58. The summed E-state index contributed by atoms with van der Waals surface area (Å²) in [6.45, 7) is 4.86. The van der Waals surface area contributed by atoms with Crippen LogP contribution in [0.5, 0.6) is 0 Å². The summed E-state index contributed by atoms with van der Waals surface area (Å²) in [6, 6.07) is 5.24. The smallest absolute Gasteiger partial charge is 0.249 e. The van der Waals surface area contributed by atoms with Gasteiger partial charge in [-0.25, -0.2) is 0 Å². The average Bonchev–Trinajstić information content (AvgIpc) is 3.29. The summed E-state index contributed by atoms with van der Waals surface area (Å²) in [5, 5.41) is 0.657. The Kier molecular flexibility index (Phi) is 3.66. The van der Waals surface area contributed by atoms with Crippen LogP contribution in [0, 0.1) is 12.8 Å². The lowest BCUT2D eigenvalue weighted by molar-refractivity contribution is -0.141. The van der Waals surface area contributed by atoms with Crippen LogP contribution in [0.15, 0.2) is 18.2 Å². The first kappa shape index (κ1) is 14.4. The van der Waals surface area contributed by atoms with E-state index in [2.05, 4.69) is 0 Å². The zero-order valence-electron chi connectivity index (χ0n) is 12.3. The van der Waals surface area contributed by atoms with Gasteiger partial charge < -0.3 is 9.80 Å². The highest BCUT2D eigenvalue weighted by atomic mass is 35.5. The molecule has 112 valence electrons. The number of benzene rings is 1. The molecule has 1 aliphatic carbocycles. The van der Waals surface area contributed by atoms with E-state index < -0.39 is 6.04 Å². The molecule has 1 saturated heterocycles. The maximum atomic E-state index is 12.6. The number of hydrogen-bond donors (Lipinski definition) is 0. The second kappa shape index (κ2) is 5.34. The Morgan fingerprint density at radius 1 is 1.29 bits per heavy atom. The molecule has 2 aliphatic rings. The molecular formula is C16H19ClN2O2. The van der Waals surface area contributed by atoms with Gasteiger partial charge in [0.1, 0.15) is 6.04 Å². The van der Waals surface area contributed by atoms with Gasteiger partial charge in [0.05, 0.1) is 0 Å². The quantitative estimate of drug-likeness (QED) is 0.843. The highest BCUT2D eigenvalue weighted by Crippen LogP contribution is 2.33. The summed E-state index contributed by atoms with van der Waals surface area (Å²) in [4.78, 5) is 28.2. The predicted octanol–water partition coefficient (Wildman–Crippen LogP) is 2.62. The molecule has 0 radical (unpaired) electrons. The zero-order chi connectivity index (χ0) is 15.1. The third-order valence-corrected chi connectivity index (χ3v) is 4.74. The summed E-state index contributed by atoms with van der Waals surface area (Å²) in [5.41, 5.74) is 1.80. The van der Waals surface area contributed by atoms with Crippen LogP contribution < -0.4 is 4.90 Å². The molecule has 5 heteroatoms. The SMILES string of the molecule is Cc1ccc(N2CCN(C(=O)C3CC3)[C@@H](C)C2=O)cc1Cl. The van der Waals surface area contributed by atoms with E-state index in [1.54, 1.807) is 9.80 Å². The molecule has 0 aromatic heterocycles. The molecule has 1 saturated carbocycles. The van der Waals surface area contributed by atoms with Gasteiger partial charge in [0.15, 0.2) is 0 Å². The van der Waals surface area contributed by atoms with E-state index in [-0.39, 0.29) is 17.7 Å². The van der Waals surface area contributed by atoms with Crippen molar-refractivity contribution in [2.45, 2.75) is 32.7 Å². The average molecular weight is 307 g/mol. The molecule has 0 unspecified atom stereocenters. The first-order chi connectivity index (χ1) is 9.99. The molecule has 3 rings (SSSR count). The largest absolute Gasteiger partial charge is 0.329 e. The van der Waals surface area contributed by atoms with Gasteiger partial charge in [-0.05, 0) is 44.4 Å². The fourth-order valence-corrected chi connectivity index (χ4v) is 2.92. The van der Waals surface area contributed by atoms with E-state index in [9.17, 15) is 9.59 Å². The summed E-state index contributed by atoms with van der Waals surface area (Å²) in [5.74, 6) is 0.258. The highest BCUT2D eigenvalue weighted by molar-refractivity contribution is 6.31. The number of carbonyl (C=O) groups is 2. The van der Waals surface area contributed by atoms with Crippen LogP contribution in [0.2, 0.25) is 5.02 Å². The normalized spacial score (nSPS) is 22.6. The fourth-order valence-electron chi connectivity index (χ4n) is 2.74. The first-order valence-electron chi connectivity index (χ1n) is 7.37. The minimum Gasteiger partial charge on any atom is -0.329 e. The Bertz CT molecular complexity index is 598. The molecule has 1 heterocycles. The minimum atomic E-state index is -0.396. The number of piperazine rings is 1. The van der Waals surface area contributed by atoms with Crippen molar-refractivity contribution in [1.29, 1.82) is 0 Å². The van der Waals surface area contributed by atoms with Gasteiger partial charge in [-0.1, -0.05) is 17.7 Å². The van der Waals surface area contributed by atoms with Crippen LogP contribution in [0.1, 0.15) is 25.3 Å². The van der Waals surface area contributed by atoms with E-state index >= 15 is 0 Å². The van der Waals surface area contributed by atoms with Gasteiger partial charge in [0.2, 0.25) is 11.8 Å². The van der Waals surface area contributed by atoms with Crippen molar-refractivity contribution in [2.24, 2.45) is 5.92 Å². The Balaban J connectivity index is 1.79. The van der Waals surface area contributed by atoms with Crippen LogP contribution in [0.3, 0.4) is 0 Å². The van der Waals surface area contributed by atoms with Crippen LogP contribution >= 0.6 is 11.6 Å². The van der Waals surface area contributed by atoms with Crippen molar-refractivity contribution in [1.82, 2.24) is 4.90 Å². The van der Waals surface area contributed by atoms with E-state index in [1.807, 2.05) is 32.0 Å². The first-order valence-corrected chi connectivity index (χ1v) is 7.75. The van der Waals surface area contributed by atoms with Gasteiger partial charge in [-0.15, -0.1) is 0 Å². The van der Waals surface area contributed by atoms with E-state index in [1.165, 1.54) is 0 Å². The third kappa shape index (κ3) is 2.64. The number of hydrogen-bond acceptors (Lipinski definition) is 2. The molecular weight excluding hydrogens is 288 g/mol. The molecule has 1 aromatic carbocycles. The van der Waals surface area contributed by atoms with Crippen molar-refractivity contribution < 1.29 is 9.59 Å². The standard InChI is InChI=1S/C16H19ClN2O2/c1-10-3-6-13(9-14(10)17)19-8-7-18(11(2)15(19)20)16(21)12-4-5-12/h3,6,9,11-12H,4-5,7-8H2,1-2H3/t11-/m0/s1. The molecule has 1 atom stereocenters. The molecule has 2 fully saturated rings. The van der Waals surface area contributed by atoms with E-state index in [4.69, 9.17) is 11.6 Å². The maximum absolute atomic E-state index is 12.6. The molecule has 1 aromatic rings. The third-order valence-electron chi connectivity index (χ3n) is 4.33. The van der Waals surface area contributed by atoms with Crippen LogP contribution in [0.25, 0.3) is 0 Å². The molecule has 2 amide bonds. The molecule has 0 spiro atoms. The number of halogens is 1. The Labute approximate surface area is 129 Å². The molecule has 0 bridgehead atoms. The van der Waals surface area contributed by atoms with Crippen LogP contribution in [0.4, 0.5) is 5.69 Å². The maximum Gasteiger partial charge on any atom is 0.249 e. The number of amides is 2. The fraction of sp³-hybridized carbons (Fsp3) is 0.500. The molecule has 0 N–H and O–H groups in total. The van der Waals surface area contributed by atoms with Crippen LogP contribution in [-0.4, -0.2) is 35.8 Å². The molecule has 21 heavy (non-hydrogen) atoms. The highest BCUT2D eigenvalue weighted by Gasteiger charge is 2.40. The summed E-state index contributed by atoms with van der Waals surface area (Å²) in [6.07, 6.45) is 1.93. The van der Waals surface area contributed by atoms with Gasteiger partial charge in [0.25, 0.3) is 0 Å². The number of nitrogens with zero attached hydrogens (tertiary/aromatic N) is 2. The summed E-state index contributed by atoms with van der Waals surface area (Å²) in [7, 11) is 0. The zero-order valence-corrected chi connectivity index (χ0v) is 13.1. The Hall–Kier alpha value is -1.55. The Morgan fingerprint density at radius 2 is 2.00 bits per heavy atom. The topological polar surface area (TPSA) is 40.6 Å². The van der Waals surface area contributed by atoms with Crippen molar-refractivity contribution in [2.75, 3.05) is 18.0 Å². The second-order valence-electron chi connectivity index (χ2n) is 5.91. The summed E-state index contributed by atoms with van der Waals surface area (Å²) < 4.78 is 0. The van der Waals surface area contributed by atoms with Crippen molar-refractivity contribution >= 4 is 29.1 Å². The monoisotopic (exact) mass is 306 g/mol. The van der Waals surface area contributed by atoms with E-state index in [0.29, 0.717) is 18.1 Å². The molecule has 1 aliphatic heterocycles. The molecule has 4 nitrogen and oxygen atoms in total.